The number of oxazole rings is 1. The highest BCUT2D eigenvalue weighted by Crippen LogP contribution is 2.33. The third-order valence-electron chi connectivity index (χ3n) is 2.67. The summed E-state index contributed by atoms with van der Waals surface area (Å²) in [6.45, 7) is 1.53. The van der Waals surface area contributed by atoms with E-state index in [1.807, 2.05) is 0 Å². The number of benzene rings is 1. The molecule has 2 rings (SSSR count). The molecule has 0 bridgehead atoms. The molecule has 0 aliphatic carbocycles. The van der Waals surface area contributed by atoms with Crippen molar-refractivity contribution in [2.24, 2.45) is 0 Å². The molecule has 24 heavy (non-hydrogen) atoms. The monoisotopic (exact) mass is 368 g/mol. The van der Waals surface area contributed by atoms with Gasteiger partial charge in [0.1, 0.15) is 5.82 Å². The zero-order chi connectivity index (χ0) is 18.3. The summed E-state index contributed by atoms with van der Waals surface area (Å²) in [7, 11) is -4.88. The summed E-state index contributed by atoms with van der Waals surface area (Å²) in [6, 6.07) is 3.37. The molecule has 1 aromatic carbocycles. The molecule has 0 saturated heterocycles. The smallest absolute Gasteiger partial charge is 0.437 e. The molecule has 0 radical (unpaired) electrons. The second-order valence-electron chi connectivity index (χ2n) is 4.55. The van der Waals surface area contributed by atoms with Crippen LogP contribution < -0.4 is 4.72 Å². The van der Waals surface area contributed by atoms with Crippen LogP contribution in [0.2, 0.25) is 0 Å². The molecule has 2 N–H and O–H groups in total. The van der Waals surface area contributed by atoms with Crippen molar-refractivity contribution in [3.05, 3.63) is 41.0 Å². The number of rotatable bonds is 4. The molecule has 1 aromatic heterocycles. The van der Waals surface area contributed by atoms with E-state index in [1.54, 1.807) is 4.72 Å². The number of aryl methyl sites for hydroxylation is 1. The number of carboxylic acid groups (broad SMARTS) is 1. The Kier molecular flexibility index (Phi) is 4.27. The Morgan fingerprint density at radius 2 is 1.96 bits per heavy atom. The summed E-state index contributed by atoms with van der Waals surface area (Å²) in [4.78, 5) is 13.4. The number of carbonyl (C=O) groups is 1. The average molecular weight is 368 g/mol. The summed E-state index contributed by atoms with van der Waals surface area (Å²) in [5, 5.41) is 7.11. The highest BCUT2D eigenvalue weighted by molar-refractivity contribution is 7.92. The Hall–Kier alpha value is -2.63. The van der Waals surface area contributed by atoms with Crippen molar-refractivity contribution < 1.29 is 40.3 Å². The number of aromatic carboxylic acids is 1. The highest BCUT2D eigenvalue weighted by Gasteiger charge is 2.43. The first-order chi connectivity index (χ1) is 10.9. The van der Waals surface area contributed by atoms with Crippen LogP contribution in [0.1, 0.15) is 21.8 Å². The summed E-state index contributed by atoms with van der Waals surface area (Å²) in [5.74, 6) is -4.83. The third-order valence-corrected chi connectivity index (χ3v) is 3.79. The van der Waals surface area contributed by atoms with Crippen molar-refractivity contribution in [2.45, 2.75) is 18.3 Å². The van der Waals surface area contributed by atoms with E-state index in [2.05, 4.69) is 9.40 Å². The summed E-state index contributed by atoms with van der Waals surface area (Å²) in [6.07, 6.45) is -5.25. The Morgan fingerprint density at radius 1 is 1.33 bits per heavy atom. The standard InChI is InChI=1S/C12H8F4N2O5S/c1-5-2-3-7(6(13)4-5)18-24(21,22)11-17-9(12(14,15)16)8(23-11)10(19)20/h2-4,18H,1H3,(H,19,20). The van der Waals surface area contributed by atoms with Crippen molar-refractivity contribution in [2.75, 3.05) is 4.72 Å². The van der Waals surface area contributed by atoms with Crippen molar-refractivity contribution in [3.8, 4) is 0 Å². The van der Waals surface area contributed by atoms with Crippen molar-refractivity contribution in [1.82, 2.24) is 4.98 Å². The van der Waals surface area contributed by atoms with Crippen LogP contribution in [0.3, 0.4) is 0 Å². The molecule has 0 fully saturated rings. The number of hydrogen-bond donors (Lipinski definition) is 2. The summed E-state index contributed by atoms with van der Waals surface area (Å²) in [5.41, 5.74) is -2.11. The fourth-order valence-corrected chi connectivity index (χ4v) is 2.59. The molecule has 1 heterocycles. The number of carboxylic acids is 1. The Labute approximate surface area is 132 Å². The van der Waals surface area contributed by atoms with E-state index < -0.39 is 50.4 Å². The van der Waals surface area contributed by atoms with Crippen LogP contribution in [0.15, 0.2) is 27.8 Å². The molecule has 0 aliphatic rings. The molecular formula is C12H8F4N2O5S. The van der Waals surface area contributed by atoms with E-state index in [-0.39, 0.29) is 0 Å². The molecular weight excluding hydrogens is 360 g/mol. The van der Waals surface area contributed by atoms with Crippen LogP contribution in [0, 0.1) is 12.7 Å². The first kappa shape index (κ1) is 17.7. The first-order valence-electron chi connectivity index (χ1n) is 6.02. The van der Waals surface area contributed by atoms with Gasteiger partial charge in [0.2, 0.25) is 5.76 Å². The molecule has 0 atom stereocenters. The first-order valence-corrected chi connectivity index (χ1v) is 7.50. The molecule has 0 spiro atoms. The third kappa shape index (κ3) is 3.48. The Balaban J connectivity index is 2.48. The van der Waals surface area contributed by atoms with Gasteiger partial charge in [-0.05, 0) is 24.6 Å². The van der Waals surface area contributed by atoms with Crippen LogP contribution in [-0.4, -0.2) is 24.5 Å². The largest absolute Gasteiger partial charge is 0.475 e. The maximum Gasteiger partial charge on any atom is 0.437 e. The van der Waals surface area contributed by atoms with Crippen LogP contribution in [0.4, 0.5) is 23.2 Å². The van der Waals surface area contributed by atoms with Gasteiger partial charge in [-0.25, -0.2) is 9.18 Å². The minimum absolute atomic E-state index is 0.471. The molecule has 7 nitrogen and oxygen atoms in total. The quantitative estimate of drug-likeness (QED) is 0.803. The molecule has 0 aliphatic heterocycles. The Morgan fingerprint density at radius 3 is 2.42 bits per heavy atom. The maximum atomic E-state index is 13.6. The van der Waals surface area contributed by atoms with Crippen LogP contribution >= 0.6 is 0 Å². The number of hydrogen-bond acceptors (Lipinski definition) is 5. The van der Waals surface area contributed by atoms with Gasteiger partial charge in [-0.1, -0.05) is 6.07 Å². The minimum atomic E-state index is -5.25. The molecule has 0 amide bonds. The molecule has 0 unspecified atom stereocenters. The van der Waals surface area contributed by atoms with E-state index in [1.165, 1.54) is 13.0 Å². The van der Waals surface area contributed by atoms with E-state index in [0.717, 1.165) is 12.1 Å². The van der Waals surface area contributed by atoms with E-state index in [4.69, 9.17) is 5.11 Å². The lowest BCUT2D eigenvalue weighted by atomic mass is 10.2. The SMILES string of the molecule is Cc1ccc(NS(=O)(=O)c2nc(C(F)(F)F)c(C(=O)O)o2)c(F)c1. The Bertz CT molecular complexity index is 905. The lowest BCUT2D eigenvalue weighted by molar-refractivity contribution is -0.141. The van der Waals surface area contributed by atoms with Crippen LogP contribution in [-0.2, 0) is 16.2 Å². The van der Waals surface area contributed by atoms with Gasteiger partial charge in [0.05, 0.1) is 5.69 Å². The van der Waals surface area contributed by atoms with Gasteiger partial charge in [0, 0.05) is 0 Å². The topological polar surface area (TPSA) is 110 Å². The van der Waals surface area contributed by atoms with Crippen LogP contribution in [0.25, 0.3) is 0 Å². The zero-order valence-electron chi connectivity index (χ0n) is 11.7. The number of halogens is 4. The highest BCUT2D eigenvalue weighted by atomic mass is 32.2. The maximum absolute atomic E-state index is 13.6. The fraction of sp³-hybridized carbons (Fsp3) is 0.167. The number of aromatic nitrogens is 1. The number of nitrogens with zero attached hydrogens (tertiary/aromatic N) is 1. The second-order valence-corrected chi connectivity index (χ2v) is 6.11. The van der Waals surface area contributed by atoms with Crippen molar-refractivity contribution >= 4 is 21.7 Å². The van der Waals surface area contributed by atoms with Gasteiger partial charge < -0.3 is 9.52 Å². The van der Waals surface area contributed by atoms with Crippen molar-refractivity contribution in [3.63, 3.8) is 0 Å². The second kappa shape index (κ2) is 5.78. The molecule has 130 valence electrons. The number of anilines is 1. The molecule has 2 aromatic rings. The predicted molar refractivity (Wildman–Crippen MR) is 70.4 cm³/mol. The van der Waals surface area contributed by atoms with Gasteiger partial charge in [-0.15, -0.1) is 0 Å². The summed E-state index contributed by atoms with van der Waals surface area (Å²) >= 11 is 0. The summed E-state index contributed by atoms with van der Waals surface area (Å²) < 4.78 is 81.5. The van der Waals surface area contributed by atoms with Gasteiger partial charge in [0.15, 0.2) is 5.69 Å². The van der Waals surface area contributed by atoms with E-state index in [0.29, 0.717) is 5.56 Å². The lowest BCUT2D eigenvalue weighted by Gasteiger charge is -2.06. The fourth-order valence-electron chi connectivity index (χ4n) is 1.64. The predicted octanol–water partition coefficient (Wildman–Crippen LogP) is 2.64. The van der Waals surface area contributed by atoms with Gasteiger partial charge in [-0.2, -0.15) is 26.6 Å². The van der Waals surface area contributed by atoms with Gasteiger partial charge in [-0.3, -0.25) is 4.72 Å². The number of nitrogens with one attached hydrogen (secondary N) is 1. The molecule has 12 heteroatoms. The zero-order valence-corrected chi connectivity index (χ0v) is 12.5. The van der Waals surface area contributed by atoms with Gasteiger partial charge in [0.25, 0.3) is 0 Å². The minimum Gasteiger partial charge on any atom is -0.475 e. The average Bonchev–Trinajstić information content (AvgIpc) is 2.88. The van der Waals surface area contributed by atoms with Crippen LogP contribution in [0.5, 0.6) is 0 Å². The number of alkyl halides is 3. The van der Waals surface area contributed by atoms with Gasteiger partial charge >= 0.3 is 27.4 Å². The normalized spacial score (nSPS) is 12.2. The van der Waals surface area contributed by atoms with E-state index in [9.17, 15) is 30.8 Å². The van der Waals surface area contributed by atoms with E-state index >= 15 is 0 Å². The molecule has 0 saturated carbocycles. The van der Waals surface area contributed by atoms with Crippen molar-refractivity contribution in [1.29, 1.82) is 0 Å². The number of sulfonamides is 1. The lowest BCUT2D eigenvalue weighted by Crippen LogP contribution is -2.15.